The van der Waals surface area contributed by atoms with Gasteiger partial charge in [0.1, 0.15) is 0 Å². The molecule has 0 radical (unpaired) electrons. The highest BCUT2D eigenvalue weighted by atomic mass is 32.2. The van der Waals surface area contributed by atoms with Gasteiger partial charge >= 0.3 is 0 Å². The molecule has 1 aliphatic rings. The van der Waals surface area contributed by atoms with Crippen LogP contribution in [0, 0.1) is 0 Å². The number of piperazine rings is 1. The SMILES string of the molecule is CNN1CCN(S(C)(=O)=O)CC1c1ccccc1. The van der Waals surface area contributed by atoms with Crippen LogP contribution in [0.15, 0.2) is 30.3 Å². The van der Waals surface area contributed by atoms with E-state index < -0.39 is 10.0 Å². The van der Waals surface area contributed by atoms with Crippen LogP contribution in [0.4, 0.5) is 0 Å². The quantitative estimate of drug-likeness (QED) is 0.865. The first-order chi connectivity index (χ1) is 8.52. The second kappa shape index (κ2) is 5.36. The monoisotopic (exact) mass is 269 g/mol. The van der Waals surface area contributed by atoms with Crippen molar-refractivity contribution < 1.29 is 8.42 Å². The third kappa shape index (κ3) is 2.89. The van der Waals surface area contributed by atoms with Gasteiger partial charge in [-0.3, -0.25) is 5.43 Å². The Labute approximate surface area is 108 Å². The van der Waals surface area contributed by atoms with Crippen molar-refractivity contribution in [1.29, 1.82) is 0 Å². The summed E-state index contributed by atoms with van der Waals surface area (Å²) in [5.74, 6) is 0. The number of sulfonamides is 1. The van der Waals surface area contributed by atoms with Crippen LogP contribution in [-0.2, 0) is 10.0 Å². The van der Waals surface area contributed by atoms with Crippen molar-refractivity contribution in [1.82, 2.24) is 14.7 Å². The van der Waals surface area contributed by atoms with Crippen LogP contribution < -0.4 is 5.43 Å². The third-order valence-corrected chi connectivity index (χ3v) is 4.55. The molecule has 1 aliphatic heterocycles. The Morgan fingerprint density at radius 3 is 2.44 bits per heavy atom. The molecule has 1 saturated heterocycles. The average Bonchev–Trinajstić information content (AvgIpc) is 2.38. The van der Waals surface area contributed by atoms with E-state index in [1.165, 1.54) is 6.26 Å². The molecule has 1 aromatic carbocycles. The van der Waals surface area contributed by atoms with Gasteiger partial charge in [-0.25, -0.2) is 13.4 Å². The highest BCUT2D eigenvalue weighted by molar-refractivity contribution is 7.88. The molecule has 1 unspecified atom stereocenters. The maximum atomic E-state index is 11.6. The molecule has 0 saturated carbocycles. The lowest BCUT2D eigenvalue weighted by Crippen LogP contribution is -2.53. The number of hydrogen-bond donors (Lipinski definition) is 1. The minimum Gasteiger partial charge on any atom is -0.258 e. The molecule has 1 aromatic rings. The van der Waals surface area contributed by atoms with Gasteiger partial charge in [0.25, 0.3) is 0 Å². The Morgan fingerprint density at radius 2 is 1.89 bits per heavy atom. The maximum Gasteiger partial charge on any atom is 0.211 e. The lowest BCUT2D eigenvalue weighted by molar-refractivity contribution is 0.0758. The number of hydrogen-bond acceptors (Lipinski definition) is 4. The van der Waals surface area contributed by atoms with E-state index in [2.05, 4.69) is 10.4 Å². The van der Waals surface area contributed by atoms with Gasteiger partial charge in [0.15, 0.2) is 0 Å². The first-order valence-corrected chi connectivity index (χ1v) is 7.81. The summed E-state index contributed by atoms with van der Waals surface area (Å²) < 4.78 is 24.8. The van der Waals surface area contributed by atoms with Crippen molar-refractivity contribution >= 4 is 10.0 Å². The van der Waals surface area contributed by atoms with Crippen LogP contribution in [0.5, 0.6) is 0 Å². The van der Waals surface area contributed by atoms with Crippen LogP contribution in [0.1, 0.15) is 11.6 Å². The Morgan fingerprint density at radius 1 is 1.22 bits per heavy atom. The maximum absolute atomic E-state index is 11.6. The zero-order valence-corrected chi connectivity index (χ0v) is 11.5. The van der Waals surface area contributed by atoms with E-state index in [1.807, 2.05) is 37.4 Å². The van der Waals surface area contributed by atoms with Gasteiger partial charge in [-0.2, -0.15) is 4.31 Å². The number of nitrogens with one attached hydrogen (secondary N) is 1. The zero-order valence-electron chi connectivity index (χ0n) is 10.7. The minimum atomic E-state index is -3.12. The van der Waals surface area contributed by atoms with Crippen molar-refractivity contribution in [3.05, 3.63) is 35.9 Å². The highest BCUT2D eigenvalue weighted by Gasteiger charge is 2.31. The second-order valence-corrected chi connectivity index (χ2v) is 6.45. The summed E-state index contributed by atoms with van der Waals surface area (Å²) in [5.41, 5.74) is 4.26. The summed E-state index contributed by atoms with van der Waals surface area (Å²) in [4.78, 5) is 0. The normalized spacial score (nSPS) is 23.1. The summed E-state index contributed by atoms with van der Waals surface area (Å²) in [5, 5.41) is 2.08. The molecule has 0 amide bonds. The summed E-state index contributed by atoms with van der Waals surface area (Å²) >= 11 is 0. The van der Waals surface area contributed by atoms with Gasteiger partial charge < -0.3 is 0 Å². The Balaban J connectivity index is 2.24. The second-order valence-electron chi connectivity index (χ2n) is 4.46. The summed E-state index contributed by atoms with van der Waals surface area (Å²) in [7, 11) is -1.25. The van der Waals surface area contributed by atoms with E-state index in [0.717, 1.165) is 5.56 Å². The molecular weight excluding hydrogens is 250 g/mol. The van der Waals surface area contributed by atoms with E-state index in [4.69, 9.17) is 0 Å². The van der Waals surface area contributed by atoms with Gasteiger partial charge in [-0.15, -0.1) is 0 Å². The Bertz CT molecular complexity index is 489. The number of nitrogens with zero attached hydrogens (tertiary/aromatic N) is 2. The van der Waals surface area contributed by atoms with Crippen molar-refractivity contribution in [3.63, 3.8) is 0 Å². The fourth-order valence-corrected chi connectivity index (χ4v) is 3.11. The van der Waals surface area contributed by atoms with Crippen LogP contribution in [0.3, 0.4) is 0 Å². The van der Waals surface area contributed by atoms with Gasteiger partial charge in [-0.05, 0) is 12.6 Å². The number of hydrazine groups is 1. The first-order valence-electron chi connectivity index (χ1n) is 5.96. The largest absolute Gasteiger partial charge is 0.258 e. The van der Waals surface area contributed by atoms with Crippen molar-refractivity contribution in [2.24, 2.45) is 0 Å². The molecule has 0 spiro atoms. The summed E-state index contributed by atoms with van der Waals surface area (Å²) in [6, 6.07) is 10.0. The van der Waals surface area contributed by atoms with E-state index in [0.29, 0.717) is 19.6 Å². The predicted molar refractivity (Wildman–Crippen MR) is 71.4 cm³/mol. The Hall–Kier alpha value is -0.950. The first kappa shape index (κ1) is 13.5. The summed E-state index contributed by atoms with van der Waals surface area (Å²) in [6.07, 6.45) is 1.27. The number of benzene rings is 1. The van der Waals surface area contributed by atoms with Crippen LogP contribution >= 0.6 is 0 Å². The van der Waals surface area contributed by atoms with Crippen LogP contribution in [0.25, 0.3) is 0 Å². The van der Waals surface area contributed by atoms with Crippen molar-refractivity contribution in [3.8, 4) is 0 Å². The molecule has 2 rings (SSSR count). The van der Waals surface area contributed by atoms with Gasteiger partial charge in [0, 0.05) is 19.6 Å². The molecule has 18 heavy (non-hydrogen) atoms. The van der Waals surface area contributed by atoms with Crippen molar-refractivity contribution in [2.45, 2.75) is 6.04 Å². The summed E-state index contributed by atoms with van der Waals surface area (Å²) in [6.45, 7) is 1.70. The van der Waals surface area contributed by atoms with E-state index >= 15 is 0 Å². The molecular formula is C12H19N3O2S. The molecule has 0 aliphatic carbocycles. The van der Waals surface area contributed by atoms with Gasteiger partial charge in [0.05, 0.1) is 12.3 Å². The third-order valence-electron chi connectivity index (χ3n) is 3.28. The smallest absolute Gasteiger partial charge is 0.211 e. The van der Waals surface area contributed by atoms with Crippen molar-refractivity contribution in [2.75, 3.05) is 32.9 Å². The zero-order chi connectivity index (χ0) is 13.2. The fraction of sp³-hybridized carbons (Fsp3) is 0.500. The molecule has 100 valence electrons. The van der Waals surface area contributed by atoms with E-state index in [9.17, 15) is 8.42 Å². The molecule has 1 atom stereocenters. The van der Waals surface area contributed by atoms with Crippen LogP contribution in [0.2, 0.25) is 0 Å². The molecule has 1 heterocycles. The standard InChI is InChI=1S/C12H19N3O2S/c1-13-15-9-8-14(18(2,16)17)10-12(15)11-6-4-3-5-7-11/h3-7,12-13H,8-10H2,1-2H3. The molecule has 6 heteroatoms. The molecule has 1 N–H and O–H groups in total. The van der Waals surface area contributed by atoms with Gasteiger partial charge in [-0.1, -0.05) is 30.3 Å². The van der Waals surface area contributed by atoms with E-state index in [-0.39, 0.29) is 6.04 Å². The topological polar surface area (TPSA) is 52.6 Å². The molecule has 0 aromatic heterocycles. The van der Waals surface area contributed by atoms with Gasteiger partial charge in [0.2, 0.25) is 10.0 Å². The van der Waals surface area contributed by atoms with E-state index in [1.54, 1.807) is 4.31 Å². The lowest BCUT2D eigenvalue weighted by Gasteiger charge is -2.40. The lowest BCUT2D eigenvalue weighted by atomic mass is 10.1. The molecule has 1 fully saturated rings. The molecule has 0 bridgehead atoms. The Kier molecular flexibility index (Phi) is 4.01. The predicted octanol–water partition coefficient (Wildman–Crippen LogP) is 0.439. The highest BCUT2D eigenvalue weighted by Crippen LogP contribution is 2.24. The van der Waals surface area contributed by atoms with Crippen LogP contribution in [-0.4, -0.2) is 50.7 Å². The minimum absolute atomic E-state index is 0.0553. The number of rotatable bonds is 3. The average molecular weight is 269 g/mol. The fourth-order valence-electron chi connectivity index (χ4n) is 2.29. The molecule has 5 nitrogen and oxygen atoms in total.